The number of ether oxygens (including phenoxy) is 2. The van der Waals surface area contributed by atoms with Crippen LogP contribution in [0.5, 0.6) is 11.5 Å². The summed E-state index contributed by atoms with van der Waals surface area (Å²) in [5, 5.41) is 3.45. The number of piperazine rings is 1. The van der Waals surface area contributed by atoms with Gasteiger partial charge in [0.15, 0.2) is 11.5 Å². The average molecular weight is 264 g/mol. The van der Waals surface area contributed by atoms with Gasteiger partial charge in [-0.05, 0) is 25.5 Å². The summed E-state index contributed by atoms with van der Waals surface area (Å²) in [5.41, 5.74) is 0. The molecule has 1 saturated heterocycles. The van der Waals surface area contributed by atoms with Gasteiger partial charge in [-0.15, -0.1) is 0 Å². The predicted molar refractivity (Wildman–Crippen MR) is 77.0 cm³/mol. The lowest BCUT2D eigenvalue weighted by atomic mass is 10.2. The Morgan fingerprint density at radius 1 is 1.32 bits per heavy atom. The van der Waals surface area contributed by atoms with Gasteiger partial charge in [0.05, 0.1) is 13.7 Å². The third kappa shape index (κ3) is 4.40. The molecule has 0 aromatic heterocycles. The van der Waals surface area contributed by atoms with E-state index in [2.05, 4.69) is 17.1 Å². The molecule has 4 heteroatoms. The van der Waals surface area contributed by atoms with Crippen molar-refractivity contribution < 1.29 is 9.47 Å². The van der Waals surface area contributed by atoms with Crippen LogP contribution in [0, 0.1) is 0 Å². The van der Waals surface area contributed by atoms with E-state index in [9.17, 15) is 0 Å². The first-order valence-electron chi connectivity index (χ1n) is 7.01. The van der Waals surface area contributed by atoms with Crippen molar-refractivity contribution in [3.63, 3.8) is 0 Å². The zero-order valence-corrected chi connectivity index (χ0v) is 11.9. The van der Waals surface area contributed by atoms with Crippen LogP contribution < -0.4 is 14.8 Å². The molecule has 1 aromatic rings. The van der Waals surface area contributed by atoms with Crippen molar-refractivity contribution in [2.45, 2.75) is 19.4 Å². The maximum atomic E-state index is 5.78. The van der Waals surface area contributed by atoms with E-state index in [1.54, 1.807) is 7.11 Å². The molecule has 106 valence electrons. The van der Waals surface area contributed by atoms with Crippen molar-refractivity contribution in [1.82, 2.24) is 10.2 Å². The molecular formula is C15H24N2O2. The lowest BCUT2D eigenvalue weighted by Gasteiger charge is -2.31. The summed E-state index contributed by atoms with van der Waals surface area (Å²) in [6, 6.07) is 8.40. The standard InChI is InChI=1S/C15H24N2O2/c1-13-12-17(10-8-16-13)9-5-11-19-15-7-4-3-6-14(15)18-2/h3-4,6-7,13,16H,5,8-12H2,1-2H3. The summed E-state index contributed by atoms with van der Waals surface area (Å²) < 4.78 is 11.0. The van der Waals surface area contributed by atoms with Gasteiger partial charge in [-0.2, -0.15) is 0 Å². The van der Waals surface area contributed by atoms with Crippen molar-refractivity contribution in [1.29, 1.82) is 0 Å². The SMILES string of the molecule is COc1ccccc1OCCCN1CCNC(C)C1. The Morgan fingerprint density at radius 2 is 2.11 bits per heavy atom. The van der Waals surface area contributed by atoms with Crippen LogP contribution in [0.4, 0.5) is 0 Å². The van der Waals surface area contributed by atoms with Crippen LogP contribution in [0.3, 0.4) is 0 Å². The zero-order chi connectivity index (χ0) is 13.5. The van der Waals surface area contributed by atoms with Gasteiger partial charge >= 0.3 is 0 Å². The molecule has 0 aliphatic carbocycles. The van der Waals surface area contributed by atoms with E-state index in [1.165, 1.54) is 0 Å². The Balaban J connectivity index is 1.69. The average Bonchev–Trinajstić information content (AvgIpc) is 2.44. The second kappa shape index (κ2) is 7.36. The minimum Gasteiger partial charge on any atom is -0.493 e. The van der Waals surface area contributed by atoms with Crippen LogP contribution >= 0.6 is 0 Å². The fourth-order valence-corrected chi connectivity index (χ4v) is 2.42. The number of hydrogen-bond donors (Lipinski definition) is 1. The number of nitrogens with zero attached hydrogens (tertiary/aromatic N) is 1. The van der Waals surface area contributed by atoms with Crippen LogP contribution in [-0.2, 0) is 0 Å². The summed E-state index contributed by atoms with van der Waals surface area (Å²) in [6.45, 7) is 7.43. The lowest BCUT2D eigenvalue weighted by molar-refractivity contribution is 0.187. The fraction of sp³-hybridized carbons (Fsp3) is 0.600. The Hall–Kier alpha value is -1.26. The normalized spacial score (nSPS) is 20.2. The Kier molecular flexibility index (Phi) is 5.48. The maximum Gasteiger partial charge on any atom is 0.161 e. The number of nitrogens with one attached hydrogen (secondary N) is 1. The molecule has 1 fully saturated rings. The molecule has 1 unspecified atom stereocenters. The van der Waals surface area contributed by atoms with Gasteiger partial charge in [0.25, 0.3) is 0 Å². The van der Waals surface area contributed by atoms with Crippen molar-refractivity contribution in [3.8, 4) is 11.5 Å². The van der Waals surface area contributed by atoms with Crippen molar-refractivity contribution in [2.24, 2.45) is 0 Å². The molecule has 1 aromatic carbocycles. The molecule has 2 rings (SSSR count). The number of rotatable bonds is 6. The minimum absolute atomic E-state index is 0.601. The molecule has 1 heterocycles. The first-order valence-corrected chi connectivity index (χ1v) is 7.01. The van der Waals surface area contributed by atoms with E-state index in [0.717, 1.165) is 50.7 Å². The van der Waals surface area contributed by atoms with Crippen molar-refractivity contribution in [3.05, 3.63) is 24.3 Å². The first-order chi connectivity index (χ1) is 9.29. The van der Waals surface area contributed by atoms with E-state index in [1.807, 2.05) is 24.3 Å². The monoisotopic (exact) mass is 264 g/mol. The summed E-state index contributed by atoms with van der Waals surface area (Å²) in [4.78, 5) is 2.49. The van der Waals surface area contributed by atoms with Gasteiger partial charge in [-0.1, -0.05) is 12.1 Å². The van der Waals surface area contributed by atoms with E-state index in [-0.39, 0.29) is 0 Å². The summed E-state index contributed by atoms with van der Waals surface area (Å²) in [7, 11) is 1.67. The van der Waals surface area contributed by atoms with Crippen molar-refractivity contribution in [2.75, 3.05) is 39.9 Å². The molecule has 1 aliphatic rings. The lowest BCUT2D eigenvalue weighted by Crippen LogP contribution is -2.49. The Bertz CT molecular complexity index is 384. The smallest absolute Gasteiger partial charge is 0.161 e. The summed E-state index contributed by atoms with van der Waals surface area (Å²) in [5.74, 6) is 1.64. The molecule has 0 spiro atoms. The van der Waals surface area contributed by atoms with Gasteiger partial charge in [0.1, 0.15) is 0 Å². The molecule has 1 aliphatic heterocycles. The number of benzene rings is 1. The molecule has 0 amide bonds. The summed E-state index contributed by atoms with van der Waals surface area (Å²) in [6.07, 6.45) is 1.05. The Morgan fingerprint density at radius 3 is 2.84 bits per heavy atom. The second-order valence-corrected chi connectivity index (χ2v) is 5.01. The van der Waals surface area contributed by atoms with Crippen LogP contribution in [0.1, 0.15) is 13.3 Å². The summed E-state index contributed by atoms with van der Waals surface area (Å²) >= 11 is 0. The number of hydrogen-bond acceptors (Lipinski definition) is 4. The molecule has 19 heavy (non-hydrogen) atoms. The maximum absolute atomic E-state index is 5.78. The van der Waals surface area contributed by atoms with E-state index >= 15 is 0 Å². The largest absolute Gasteiger partial charge is 0.493 e. The highest BCUT2D eigenvalue weighted by Crippen LogP contribution is 2.25. The molecule has 0 bridgehead atoms. The van der Waals surface area contributed by atoms with Gasteiger partial charge in [-0.3, -0.25) is 0 Å². The van der Waals surface area contributed by atoms with E-state index < -0.39 is 0 Å². The third-order valence-electron chi connectivity index (χ3n) is 3.40. The predicted octanol–water partition coefficient (Wildman–Crippen LogP) is 1.76. The Labute approximate surface area is 115 Å². The quantitative estimate of drug-likeness (QED) is 0.794. The van der Waals surface area contributed by atoms with E-state index in [0.29, 0.717) is 6.04 Å². The molecular weight excluding hydrogens is 240 g/mol. The van der Waals surface area contributed by atoms with Crippen LogP contribution in [0.15, 0.2) is 24.3 Å². The number of methoxy groups -OCH3 is 1. The van der Waals surface area contributed by atoms with Gasteiger partial charge in [-0.25, -0.2) is 0 Å². The highest BCUT2D eigenvalue weighted by molar-refractivity contribution is 5.39. The highest BCUT2D eigenvalue weighted by Gasteiger charge is 2.14. The highest BCUT2D eigenvalue weighted by atomic mass is 16.5. The van der Waals surface area contributed by atoms with Gasteiger partial charge < -0.3 is 19.7 Å². The van der Waals surface area contributed by atoms with Crippen LogP contribution in [-0.4, -0.2) is 50.8 Å². The molecule has 4 nitrogen and oxygen atoms in total. The van der Waals surface area contributed by atoms with Crippen LogP contribution in [0.25, 0.3) is 0 Å². The van der Waals surface area contributed by atoms with Gasteiger partial charge in [0.2, 0.25) is 0 Å². The second-order valence-electron chi connectivity index (χ2n) is 5.01. The molecule has 0 radical (unpaired) electrons. The molecule has 1 atom stereocenters. The van der Waals surface area contributed by atoms with E-state index in [4.69, 9.17) is 9.47 Å². The fourth-order valence-electron chi connectivity index (χ4n) is 2.42. The van der Waals surface area contributed by atoms with Crippen LogP contribution in [0.2, 0.25) is 0 Å². The number of para-hydroxylation sites is 2. The molecule has 0 saturated carbocycles. The first kappa shape index (κ1) is 14.2. The topological polar surface area (TPSA) is 33.7 Å². The minimum atomic E-state index is 0.601. The van der Waals surface area contributed by atoms with Gasteiger partial charge in [0, 0.05) is 32.2 Å². The molecule has 1 N–H and O–H groups in total. The van der Waals surface area contributed by atoms with Crippen molar-refractivity contribution >= 4 is 0 Å². The third-order valence-corrected chi connectivity index (χ3v) is 3.40. The zero-order valence-electron chi connectivity index (χ0n) is 11.9.